The van der Waals surface area contributed by atoms with Gasteiger partial charge in [-0.3, -0.25) is 0 Å². The molecule has 1 atom stereocenters. The fourth-order valence-corrected chi connectivity index (χ4v) is 2.93. The summed E-state index contributed by atoms with van der Waals surface area (Å²) in [7, 11) is 2.23. The van der Waals surface area contributed by atoms with Crippen LogP contribution in [-0.2, 0) is 0 Å². The van der Waals surface area contributed by atoms with Crippen LogP contribution in [0.3, 0.4) is 0 Å². The summed E-state index contributed by atoms with van der Waals surface area (Å²) < 4.78 is 0. The molecular weight excluding hydrogens is 172 g/mol. The third kappa shape index (κ3) is 1.94. The van der Waals surface area contributed by atoms with E-state index in [1.807, 2.05) is 0 Å². The van der Waals surface area contributed by atoms with Gasteiger partial charge in [0.2, 0.25) is 0 Å². The predicted molar refractivity (Wildman–Crippen MR) is 59.1 cm³/mol. The molecule has 1 spiro atoms. The Bertz CT molecular complexity index is 243. The fraction of sp³-hybridized carbons (Fsp3) is 0.833. The molecule has 0 aromatic carbocycles. The number of nitrogens with zero attached hydrogens (tertiary/aromatic N) is 2. The van der Waals surface area contributed by atoms with E-state index in [2.05, 4.69) is 22.8 Å². The van der Waals surface area contributed by atoms with Gasteiger partial charge < -0.3 is 9.80 Å². The average Bonchev–Trinajstić information content (AvgIpc) is 2.72. The van der Waals surface area contributed by atoms with Crippen LogP contribution in [0.25, 0.3) is 0 Å². The van der Waals surface area contributed by atoms with Crippen molar-refractivity contribution in [1.82, 2.24) is 9.80 Å². The molecule has 78 valence electrons. The quantitative estimate of drug-likeness (QED) is 0.603. The van der Waals surface area contributed by atoms with Crippen molar-refractivity contribution in [2.45, 2.75) is 19.3 Å². The van der Waals surface area contributed by atoms with E-state index < -0.39 is 0 Å². The van der Waals surface area contributed by atoms with E-state index in [1.165, 1.54) is 39.0 Å². The van der Waals surface area contributed by atoms with Crippen molar-refractivity contribution in [3.05, 3.63) is 0 Å². The molecule has 2 heterocycles. The van der Waals surface area contributed by atoms with Gasteiger partial charge >= 0.3 is 0 Å². The molecule has 2 saturated heterocycles. The van der Waals surface area contributed by atoms with E-state index in [-0.39, 0.29) is 0 Å². The van der Waals surface area contributed by atoms with Crippen LogP contribution in [0.2, 0.25) is 0 Å². The van der Waals surface area contributed by atoms with Crippen LogP contribution in [0.15, 0.2) is 0 Å². The zero-order chi connectivity index (χ0) is 10.0. The SMILES string of the molecule is C#CCCN1CCC2(CCN(C)C2)C1. The highest BCUT2D eigenvalue weighted by Gasteiger charge is 2.41. The number of rotatable bonds is 2. The van der Waals surface area contributed by atoms with E-state index in [1.54, 1.807) is 0 Å². The van der Waals surface area contributed by atoms with Crippen molar-refractivity contribution >= 4 is 0 Å². The Kier molecular flexibility index (Phi) is 2.80. The first-order chi connectivity index (χ1) is 6.74. The summed E-state index contributed by atoms with van der Waals surface area (Å²) in [5, 5.41) is 0. The van der Waals surface area contributed by atoms with Crippen molar-refractivity contribution in [3.63, 3.8) is 0 Å². The van der Waals surface area contributed by atoms with Gasteiger partial charge in [0, 0.05) is 26.1 Å². The van der Waals surface area contributed by atoms with Gasteiger partial charge in [-0.05, 0) is 38.4 Å². The van der Waals surface area contributed by atoms with Gasteiger partial charge in [0.15, 0.2) is 0 Å². The topological polar surface area (TPSA) is 6.48 Å². The third-order valence-corrected chi connectivity index (χ3v) is 3.72. The first-order valence-electron chi connectivity index (χ1n) is 5.58. The van der Waals surface area contributed by atoms with Crippen molar-refractivity contribution < 1.29 is 0 Å². The maximum Gasteiger partial charge on any atom is 0.0214 e. The Hall–Kier alpha value is -0.520. The lowest BCUT2D eigenvalue weighted by Gasteiger charge is -2.23. The molecule has 2 aliphatic rings. The third-order valence-electron chi connectivity index (χ3n) is 3.72. The molecule has 0 N–H and O–H groups in total. The van der Waals surface area contributed by atoms with Gasteiger partial charge in [-0.15, -0.1) is 12.3 Å². The van der Waals surface area contributed by atoms with Gasteiger partial charge in [0.25, 0.3) is 0 Å². The van der Waals surface area contributed by atoms with Crippen molar-refractivity contribution in [2.24, 2.45) is 5.41 Å². The van der Waals surface area contributed by atoms with Gasteiger partial charge in [-0.25, -0.2) is 0 Å². The van der Waals surface area contributed by atoms with Crippen LogP contribution in [0.4, 0.5) is 0 Å². The first kappa shape index (κ1) is 10.0. The highest BCUT2D eigenvalue weighted by atomic mass is 15.2. The lowest BCUT2D eigenvalue weighted by atomic mass is 9.86. The molecule has 0 aromatic rings. The molecule has 2 aliphatic heterocycles. The van der Waals surface area contributed by atoms with E-state index in [4.69, 9.17) is 6.42 Å². The van der Waals surface area contributed by atoms with E-state index in [0.717, 1.165) is 13.0 Å². The molecule has 2 fully saturated rings. The summed E-state index contributed by atoms with van der Waals surface area (Å²) in [6.45, 7) is 6.21. The molecule has 2 rings (SSSR count). The minimum atomic E-state index is 0.614. The predicted octanol–water partition coefficient (Wildman–Crippen LogP) is 1.04. The average molecular weight is 192 g/mol. The maximum atomic E-state index is 5.29. The number of likely N-dealkylation sites (tertiary alicyclic amines) is 2. The molecule has 1 unspecified atom stereocenters. The zero-order valence-electron chi connectivity index (χ0n) is 9.13. The van der Waals surface area contributed by atoms with Crippen LogP contribution in [0.1, 0.15) is 19.3 Å². The van der Waals surface area contributed by atoms with Crippen molar-refractivity contribution in [3.8, 4) is 12.3 Å². The largest absolute Gasteiger partial charge is 0.306 e. The molecular formula is C12H20N2. The molecule has 0 amide bonds. The second kappa shape index (κ2) is 3.92. The number of hydrogen-bond donors (Lipinski definition) is 0. The molecule has 14 heavy (non-hydrogen) atoms. The Balaban J connectivity index is 1.85. The van der Waals surface area contributed by atoms with Crippen LogP contribution in [-0.4, -0.2) is 49.6 Å². The van der Waals surface area contributed by atoms with Crippen LogP contribution >= 0.6 is 0 Å². The number of terminal acetylenes is 1. The van der Waals surface area contributed by atoms with Gasteiger partial charge in [-0.1, -0.05) is 0 Å². The highest BCUT2D eigenvalue weighted by Crippen LogP contribution is 2.38. The Morgan fingerprint density at radius 2 is 2.07 bits per heavy atom. The summed E-state index contributed by atoms with van der Waals surface area (Å²) in [6, 6.07) is 0. The molecule has 0 bridgehead atoms. The Morgan fingerprint density at radius 1 is 1.29 bits per heavy atom. The van der Waals surface area contributed by atoms with Crippen molar-refractivity contribution in [2.75, 3.05) is 39.8 Å². The standard InChI is InChI=1S/C12H20N2/c1-3-4-7-14-9-6-12(11-14)5-8-13(2)10-12/h1H,4-11H2,2H3. The molecule has 2 heteroatoms. The van der Waals surface area contributed by atoms with Gasteiger partial charge in [0.1, 0.15) is 0 Å². The smallest absolute Gasteiger partial charge is 0.0214 e. The van der Waals surface area contributed by atoms with Crippen LogP contribution in [0.5, 0.6) is 0 Å². The highest BCUT2D eigenvalue weighted by molar-refractivity contribution is 4.97. The summed E-state index contributed by atoms with van der Waals surface area (Å²) in [5.41, 5.74) is 0.614. The summed E-state index contributed by atoms with van der Waals surface area (Å²) in [6.07, 6.45) is 8.96. The monoisotopic (exact) mass is 192 g/mol. The molecule has 2 nitrogen and oxygen atoms in total. The van der Waals surface area contributed by atoms with E-state index in [0.29, 0.717) is 5.41 Å². The minimum absolute atomic E-state index is 0.614. The second-order valence-corrected chi connectivity index (χ2v) is 4.97. The maximum absolute atomic E-state index is 5.29. The molecule has 0 radical (unpaired) electrons. The normalized spacial score (nSPS) is 34.0. The fourth-order valence-electron chi connectivity index (χ4n) is 2.93. The Morgan fingerprint density at radius 3 is 2.71 bits per heavy atom. The van der Waals surface area contributed by atoms with Crippen LogP contribution < -0.4 is 0 Å². The van der Waals surface area contributed by atoms with E-state index in [9.17, 15) is 0 Å². The summed E-state index contributed by atoms with van der Waals surface area (Å²) in [4.78, 5) is 5.00. The molecule has 0 saturated carbocycles. The summed E-state index contributed by atoms with van der Waals surface area (Å²) in [5.74, 6) is 2.73. The van der Waals surface area contributed by atoms with E-state index >= 15 is 0 Å². The van der Waals surface area contributed by atoms with Gasteiger partial charge in [0.05, 0.1) is 0 Å². The molecule has 0 aromatic heterocycles. The minimum Gasteiger partial charge on any atom is -0.306 e. The van der Waals surface area contributed by atoms with Gasteiger partial charge in [-0.2, -0.15) is 0 Å². The number of hydrogen-bond acceptors (Lipinski definition) is 2. The molecule has 0 aliphatic carbocycles. The lowest BCUT2D eigenvalue weighted by Crippen LogP contribution is -2.30. The summed E-state index contributed by atoms with van der Waals surface area (Å²) >= 11 is 0. The second-order valence-electron chi connectivity index (χ2n) is 4.97. The first-order valence-corrected chi connectivity index (χ1v) is 5.58. The van der Waals surface area contributed by atoms with Crippen LogP contribution in [0, 0.1) is 17.8 Å². The Labute approximate surface area is 87.3 Å². The lowest BCUT2D eigenvalue weighted by molar-refractivity contribution is 0.258. The zero-order valence-corrected chi connectivity index (χ0v) is 9.13. The van der Waals surface area contributed by atoms with Crippen molar-refractivity contribution in [1.29, 1.82) is 0 Å².